The van der Waals surface area contributed by atoms with Crippen molar-refractivity contribution >= 4 is 33.6 Å². The Morgan fingerprint density at radius 1 is 0.940 bits per heavy atom. The van der Waals surface area contributed by atoms with E-state index in [0.717, 1.165) is 40.6 Å². The summed E-state index contributed by atoms with van der Waals surface area (Å²) in [5.74, 6) is -1.11. The van der Waals surface area contributed by atoms with Crippen molar-refractivity contribution in [3.63, 3.8) is 0 Å². The molecular formula is C37H47FN2O9S. The monoisotopic (exact) mass is 714 g/mol. The Kier molecular flexibility index (Phi) is 15.1. The summed E-state index contributed by atoms with van der Waals surface area (Å²) < 4.78 is 47.6. The maximum atomic E-state index is 12.6. The maximum Gasteiger partial charge on any atom is 0.303 e. The van der Waals surface area contributed by atoms with Gasteiger partial charge in [0.25, 0.3) is 0 Å². The molecule has 1 amide bonds. The molecule has 0 spiro atoms. The number of hydrogen-bond donors (Lipinski definition) is 3. The maximum absolute atomic E-state index is 12.6. The van der Waals surface area contributed by atoms with Crippen LogP contribution in [-0.4, -0.2) is 68.1 Å². The van der Waals surface area contributed by atoms with Crippen molar-refractivity contribution in [3.05, 3.63) is 101 Å². The number of carbonyl (C=O) groups is 3. The summed E-state index contributed by atoms with van der Waals surface area (Å²) in [7, 11) is -3.18. The second kappa shape index (κ2) is 18.7. The van der Waals surface area contributed by atoms with E-state index in [4.69, 9.17) is 9.47 Å². The van der Waals surface area contributed by atoms with E-state index < -0.39 is 34.8 Å². The molecule has 0 bridgehead atoms. The fourth-order valence-corrected chi connectivity index (χ4v) is 6.07. The third kappa shape index (κ3) is 12.3. The number of amides is 1. The molecule has 50 heavy (non-hydrogen) atoms. The van der Waals surface area contributed by atoms with Gasteiger partial charge in [-0.2, -0.15) is 0 Å². The molecule has 1 saturated heterocycles. The predicted molar refractivity (Wildman–Crippen MR) is 187 cm³/mol. The number of carbonyl (C=O) groups excluding carboxylic acids is 3. The lowest BCUT2D eigenvalue weighted by atomic mass is 9.90. The van der Waals surface area contributed by atoms with Crippen LogP contribution in [0.15, 0.2) is 72.8 Å². The number of nitrogens with zero attached hydrogens (tertiary/aromatic N) is 1. The Morgan fingerprint density at radius 2 is 1.52 bits per heavy atom. The first-order valence-corrected chi connectivity index (χ1v) is 18.4. The normalized spacial score (nSPS) is 15.0. The first-order valence-electron chi connectivity index (χ1n) is 16.5. The van der Waals surface area contributed by atoms with Crippen molar-refractivity contribution < 1.29 is 46.9 Å². The summed E-state index contributed by atoms with van der Waals surface area (Å²) in [6, 6.07) is 21.5. The van der Waals surface area contributed by atoms with Crippen LogP contribution in [0.4, 0.5) is 10.1 Å². The number of halogens is 1. The van der Waals surface area contributed by atoms with Crippen LogP contribution in [0.2, 0.25) is 0 Å². The Hall–Kier alpha value is -4.17. The van der Waals surface area contributed by atoms with E-state index in [1.807, 2.05) is 55.5 Å². The quantitative estimate of drug-likeness (QED) is 0.109. The third-order valence-corrected chi connectivity index (χ3v) is 8.99. The van der Waals surface area contributed by atoms with Gasteiger partial charge in [0.15, 0.2) is 5.60 Å². The smallest absolute Gasteiger partial charge is 0.303 e. The number of benzene rings is 3. The van der Waals surface area contributed by atoms with Crippen LogP contribution in [-0.2, 0) is 46.7 Å². The number of hydrogen-bond acceptors (Lipinski definition) is 9. The van der Waals surface area contributed by atoms with E-state index in [1.165, 1.54) is 26.0 Å². The molecule has 2 atom stereocenters. The molecule has 1 heterocycles. The van der Waals surface area contributed by atoms with Gasteiger partial charge in [0.05, 0.1) is 31.9 Å². The third-order valence-electron chi connectivity index (χ3n) is 8.26. The van der Waals surface area contributed by atoms with Crippen LogP contribution >= 0.6 is 0 Å². The SMILES string of the molecule is CC(=O)OC(CO)(CO)CCc1ccc(C2CC(=O)N2c2ccc(CCCNS(C)(=O)=O)cc2)cc1.CCC(OC(C)=O)c1ccc(F)cc1. The van der Waals surface area contributed by atoms with Crippen molar-refractivity contribution in [3.8, 4) is 0 Å². The molecule has 272 valence electrons. The fourth-order valence-electron chi connectivity index (χ4n) is 5.55. The topological polar surface area (TPSA) is 160 Å². The number of esters is 2. The summed E-state index contributed by atoms with van der Waals surface area (Å²) >= 11 is 0. The minimum Gasteiger partial charge on any atom is -0.458 e. The first-order chi connectivity index (χ1) is 23.7. The van der Waals surface area contributed by atoms with Crippen LogP contribution in [0.3, 0.4) is 0 Å². The molecule has 3 aromatic rings. The zero-order valence-corrected chi connectivity index (χ0v) is 29.7. The largest absolute Gasteiger partial charge is 0.458 e. The molecule has 0 aromatic heterocycles. The molecule has 0 aliphatic carbocycles. The molecule has 1 aliphatic heterocycles. The standard InChI is InChI=1S/C26H34N2O7S.C11H13FO2/c1-19(31)35-26(17-29,18-30)14-13-21-5-9-22(10-6-21)24-16-25(32)28(24)23-11-7-20(8-12-23)4-3-15-27-36(2,33)34;1-3-11(14-8(2)13)9-4-6-10(12)7-5-9/h5-12,24,27,29-30H,3-4,13-18H2,1-2H3;4-7,11H,3H2,1-2H3. The predicted octanol–water partition coefficient (Wildman–Crippen LogP) is 4.71. The van der Waals surface area contributed by atoms with Crippen molar-refractivity contribution in [2.75, 3.05) is 30.9 Å². The minimum atomic E-state index is -3.18. The molecule has 1 fully saturated rings. The molecule has 1 aliphatic rings. The van der Waals surface area contributed by atoms with Crippen LogP contribution in [0.1, 0.15) is 80.9 Å². The zero-order chi connectivity index (χ0) is 36.9. The molecule has 0 saturated carbocycles. The highest BCUT2D eigenvalue weighted by Gasteiger charge is 2.38. The van der Waals surface area contributed by atoms with Crippen molar-refractivity contribution in [1.82, 2.24) is 4.72 Å². The number of aliphatic hydroxyl groups excluding tert-OH is 2. The van der Waals surface area contributed by atoms with E-state index in [-0.39, 0.29) is 36.3 Å². The molecule has 3 N–H and O–H groups in total. The van der Waals surface area contributed by atoms with Crippen molar-refractivity contribution in [2.24, 2.45) is 0 Å². The number of sulfonamides is 1. The Morgan fingerprint density at radius 3 is 2.02 bits per heavy atom. The molecule has 13 heteroatoms. The van der Waals surface area contributed by atoms with E-state index >= 15 is 0 Å². The average Bonchev–Trinajstić information content (AvgIpc) is 3.07. The van der Waals surface area contributed by atoms with Gasteiger partial charge in [-0.25, -0.2) is 17.5 Å². The van der Waals surface area contributed by atoms with Gasteiger partial charge in [0, 0.05) is 26.1 Å². The van der Waals surface area contributed by atoms with Crippen LogP contribution in [0.25, 0.3) is 0 Å². The summed E-state index contributed by atoms with van der Waals surface area (Å²) in [5.41, 5.74) is 3.37. The zero-order valence-electron chi connectivity index (χ0n) is 28.9. The lowest BCUT2D eigenvalue weighted by Crippen LogP contribution is -2.46. The van der Waals surface area contributed by atoms with Crippen LogP contribution < -0.4 is 9.62 Å². The molecular weight excluding hydrogens is 667 g/mol. The Bertz CT molecular complexity index is 1660. The van der Waals surface area contributed by atoms with Crippen LogP contribution in [0, 0.1) is 5.82 Å². The fraction of sp³-hybridized carbons (Fsp3) is 0.432. The van der Waals surface area contributed by atoms with E-state index in [9.17, 15) is 37.4 Å². The van der Waals surface area contributed by atoms with Gasteiger partial charge in [-0.1, -0.05) is 55.5 Å². The molecule has 0 radical (unpaired) electrons. The number of β-lactam (4-membered cyclic amide) rings is 1. The summed E-state index contributed by atoms with van der Waals surface area (Å²) in [4.78, 5) is 36.3. The van der Waals surface area contributed by atoms with Gasteiger partial charge in [-0.15, -0.1) is 0 Å². The molecule has 4 rings (SSSR count). The number of nitrogens with one attached hydrogen (secondary N) is 1. The highest BCUT2D eigenvalue weighted by Crippen LogP contribution is 2.39. The molecule has 2 unspecified atom stereocenters. The van der Waals surface area contributed by atoms with Gasteiger partial charge in [0.1, 0.15) is 11.9 Å². The van der Waals surface area contributed by atoms with E-state index in [2.05, 4.69) is 4.72 Å². The van der Waals surface area contributed by atoms with Gasteiger partial charge < -0.3 is 24.6 Å². The van der Waals surface area contributed by atoms with Crippen molar-refractivity contribution in [1.29, 1.82) is 0 Å². The first kappa shape index (κ1) is 40.3. The molecule has 11 nitrogen and oxygen atoms in total. The summed E-state index contributed by atoms with van der Waals surface area (Å²) in [5, 5.41) is 19.2. The second-order valence-corrected chi connectivity index (χ2v) is 14.1. The summed E-state index contributed by atoms with van der Waals surface area (Å²) in [6.45, 7) is 3.98. The summed E-state index contributed by atoms with van der Waals surface area (Å²) in [6.07, 6.45) is 4.17. The van der Waals surface area contributed by atoms with Gasteiger partial charge in [-0.05, 0) is 78.6 Å². The number of aliphatic hydroxyl groups is 2. The van der Waals surface area contributed by atoms with E-state index in [1.54, 1.807) is 17.0 Å². The van der Waals surface area contributed by atoms with Crippen molar-refractivity contribution in [2.45, 2.75) is 77.0 Å². The Labute approximate surface area is 293 Å². The molecule has 3 aromatic carbocycles. The minimum absolute atomic E-state index is 0.0474. The van der Waals surface area contributed by atoms with Crippen LogP contribution in [0.5, 0.6) is 0 Å². The Balaban J connectivity index is 0.000000403. The number of rotatable bonds is 16. The average molecular weight is 715 g/mol. The lowest BCUT2D eigenvalue weighted by molar-refractivity contribution is -0.168. The van der Waals surface area contributed by atoms with Gasteiger partial charge in [-0.3, -0.25) is 14.4 Å². The highest BCUT2D eigenvalue weighted by atomic mass is 32.2. The van der Waals surface area contributed by atoms with Gasteiger partial charge >= 0.3 is 11.9 Å². The lowest BCUT2D eigenvalue weighted by Gasteiger charge is -2.41. The second-order valence-electron chi connectivity index (χ2n) is 12.3. The number of ether oxygens (including phenoxy) is 2. The van der Waals surface area contributed by atoms with E-state index in [0.29, 0.717) is 32.2 Å². The number of aryl methyl sites for hydroxylation is 2. The number of anilines is 1. The highest BCUT2D eigenvalue weighted by molar-refractivity contribution is 7.88. The van der Waals surface area contributed by atoms with Gasteiger partial charge in [0.2, 0.25) is 15.9 Å².